The Morgan fingerprint density at radius 1 is 1.15 bits per heavy atom. The number of aryl methyl sites for hydroxylation is 1. The zero-order valence-corrected chi connectivity index (χ0v) is 15.6. The van der Waals surface area contributed by atoms with Crippen LogP contribution in [-0.2, 0) is 22.6 Å². The second-order valence-corrected chi connectivity index (χ2v) is 6.92. The van der Waals surface area contributed by atoms with Crippen LogP contribution in [-0.4, -0.2) is 25.1 Å². The summed E-state index contributed by atoms with van der Waals surface area (Å²) in [4.78, 5) is 12.9. The van der Waals surface area contributed by atoms with E-state index < -0.39 is 0 Å². The van der Waals surface area contributed by atoms with Crippen LogP contribution in [0.5, 0.6) is 0 Å². The molecule has 0 spiro atoms. The number of likely N-dealkylation sites (N-methyl/N-ethyl adjacent to an activating group) is 1. The van der Waals surface area contributed by atoms with Crippen LogP contribution < -0.4 is 10.6 Å². The molecule has 4 nitrogen and oxygen atoms in total. The number of ether oxygens (including phenoxy) is 1. The van der Waals surface area contributed by atoms with Crippen LogP contribution in [0, 0.1) is 0 Å². The lowest BCUT2D eigenvalue weighted by molar-refractivity contribution is -0.127. The topological polar surface area (TPSA) is 50.4 Å². The second-order valence-electron chi connectivity index (χ2n) is 6.92. The number of rotatable bonds is 7. The molecule has 0 aliphatic heterocycles. The molecule has 2 unspecified atom stereocenters. The van der Waals surface area contributed by atoms with Crippen LogP contribution in [0.2, 0.25) is 0 Å². The molecule has 0 aromatic heterocycles. The van der Waals surface area contributed by atoms with Crippen molar-refractivity contribution in [2.45, 2.75) is 51.0 Å². The molecule has 1 aliphatic carbocycles. The van der Waals surface area contributed by atoms with Crippen LogP contribution in [0.1, 0.15) is 42.5 Å². The van der Waals surface area contributed by atoms with Gasteiger partial charge >= 0.3 is 0 Å². The molecule has 3 rings (SSSR count). The van der Waals surface area contributed by atoms with E-state index >= 15 is 0 Å². The summed E-state index contributed by atoms with van der Waals surface area (Å²) >= 11 is 0. The van der Waals surface area contributed by atoms with Gasteiger partial charge in [-0.2, -0.15) is 0 Å². The molecule has 0 fully saturated rings. The van der Waals surface area contributed by atoms with Crippen LogP contribution in [0.4, 0.5) is 0 Å². The first-order valence-corrected chi connectivity index (χ1v) is 9.40. The van der Waals surface area contributed by atoms with E-state index in [1.807, 2.05) is 43.3 Å². The smallest absolute Gasteiger partial charge is 0.240 e. The minimum atomic E-state index is -0.382. The number of amides is 1. The summed E-state index contributed by atoms with van der Waals surface area (Å²) < 4.78 is 5.94. The van der Waals surface area contributed by atoms with Crippen molar-refractivity contribution < 1.29 is 9.53 Å². The average Bonchev–Trinajstić information content (AvgIpc) is 2.68. The number of fused-ring (bicyclic) bond motifs is 1. The van der Waals surface area contributed by atoms with Gasteiger partial charge in [0.25, 0.3) is 0 Å². The SMILES string of the molecule is CN[C@H](C(=O)NC1CCCc2ccccc21)C(C)OCc1ccccc1. The molecular weight excluding hydrogens is 324 g/mol. The Hall–Kier alpha value is -2.17. The highest BCUT2D eigenvalue weighted by Crippen LogP contribution is 2.29. The lowest BCUT2D eigenvalue weighted by atomic mass is 9.87. The molecule has 1 aliphatic rings. The van der Waals surface area contributed by atoms with Gasteiger partial charge in [-0.1, -0.05) is 54.6 Å². The average molecular weight is 352 g/mol. The number of carbonyl (C=O) groups excluding carboxylic acids is 1. The maximum absolute atomic E-state index is 12.9. The van der Waals surface area contributed by atoms with E-state index in [-0.39, 0.29) is 24.1 Å². The van der Waals surface area contributed by atoms with Gasteiger partial charge in [0.2, 0.25) is 5.91 Å². The highest BCUT2D eigenvalue weighted by atomic mass is 16.5. The zero-order chi connectivity index (χ0) is 18.4. The summed E-state index contributed by atoms with van der Waals surface area (Å²) in [5.74, 6) is -0.00485. The van der Waals surface area contributed by atoms with Crippen molar-refractivity contribution in [2.24, 2.45) is 0 Å². The maximum Gasteiger partial charge on any atom is 0.240 e. The molecule has 3 atom stereocenters. The van der Waals surface area contributed by atoms with Gasteiger partial charge in [-0.25, -0.2) is 0 Å². The van der Waals surface area contributed by atoms with Gasteiger partial charge in [0, 0.05) is 0 Å². The molecule has 2 N–H and O–H groups in total. The first kappa shape index (κ1) is 18.6. The van der Waals surface area contributed by atoms with Crippen LogP contribution >= 0.6 is 0 Å². The summed E-state index contributed by atoms with van der Waals surface area (Å²) in [6.07, 6.45) is 2.96. The highest BCUT2D eigenvalue weighted by Gasteiger charge is 2.28. The quantitative estimate of drug-likeness (QED) is 0.803. The van der Waals surface area contributed by atoms with E-state index in [9.17, 15) is 4.79 Å². The molecule has 2 aromatic rings. The van der Waals surface area contributed by atoms with E-state index in [2.05, 4.69) is 28.8 Å². The monoisotopic (exact) mass is 352 g/mol. The van der Waals surface area contributed by atoms with E-state index in [0.717, 1.165) is 24.8 Å². The van der Waals surface area contributed by atoms with Crippen LogP contribution in [0.15, 0.2) is 54.6 Å². The van der Waals surface area contributed by atoms with Gasteiger partial charge in [-0.3, -0.25) is 4.79 Å². The molecule has 138 valence electrons. The van der Waals surface area contributed by atoms with Crippen molar-refractivity contribution in [1.82, 2.24) is 10.6 Å². The Bertz CT molecular complexity index is 717. The number of benzene rings is 2. The fraction of sp³-hybridized carbons (Fsp3) is 0.409. The largest absolute Gasteiger partial charge is 0.372 e. The van der Waals surface area contributed by atoms with Gasteiger partial charge in [-0.05, 0) is 49.9 Å². The number of hydrogen-bond donors (Lipinski definition) is 2. The Morgan fingerprint density at radius 3 is 2.65 bits per heavy atom. The molecule has 0 heterocycles. The van der Waals surface area contributed by atoms with Crippen molar-refractivity contribution in [3.8, 4) is 0 Å². The lowest BCUT2D eigenvalue weighted by Gasteiger charge is -2.29. The fourth-order valence-corrected chi connectivity index (χ4v) is 3.64. The number of carbonyl (C=O) groups is 1. The number of hydrogen-bond acceptors (Lipinski definition) is 3. The van der Waals surface area contributed by atoms with E-state index in [1.54, 1.807) is 7.05 Å². The van der Waals surface area contributed by atoms with E-state index in [1.165, 1.54) is 11.1 Å². The molecule has 1 amide bonds. The van der Waals surface area contributed by atoms with E-state index in [4.69, 9.17) is 4.74 Å². The minimum Gasteiger partial charge on any atom is -0.372 e. The molecule has 26 heavy (non-hydrogen) atoms. The minimum absolute atomic E-state index is 0.00485. The summed E-state index contributed by atoms with van der Waals surface area (Å²) in [5.41, 5.74) is 3.70. The number of nitrogens with one attached hydrogen (secondary N) is 2. The Kier molecular flexibility index (Phi) is 6.42. The van der Waals surface area contributed by atoms with Crippen molar-refractivity contribution >= 4 is 5.91 Å². The summed E-state index contributed by atoms with van der Waals surface area (Å²) in [6, 6.07) is 18.1. The molecular formula is C22H28N2O2. The lowest BCUT2D eigenvalue weighted by Crippen LogP contribution is -2.50. The second kappa shape index (κ2) is 8.97. The van der Waals surface area contributed by atoms with Crippen molar-refractivity contribution in [3.05, 3.63) is 71.3 Å². The third-order valence-corrected chi connectivity index (χ3v) is 5.10. The predicted molar refractivity (Wildman–Crippen MR) is 104 cm³/mol. The van der Waals surface area contributed by atoms with Crippen molar-refractivity contribution in [3.63, 3.8) is 0 Å². The Balaban J connectivity index is 1.60. The van der Waals surface area contributed by atoms with Gasteiger partial charge in [-0.15, -0.1) is 0 Å². The molecule has 0 radical (unpaired) electrons. The van der Waals surface area contributed by atoms with Gasteiger partial charge in [0.1, 0.15) is 6.04 Å². The summed E-state index contributed by atoms with van der Waals surface area (Å²) in [7, 11) is 1.81. The van der Waals surface area contributed by atoms with Gasteiger partial charge in [0.15, 0.2) is 0 Å². The maximum atomic E-state index is 12.9. The van der Waals surface area contributed by atoms with Crippen molar-refractivity contribution in [2.75, 3.05) is 7.05 Å². The van der Waals surface area contributed by atoms with Crippen LogP contribution in [0.25, 0.3) is 0 Å². The first-order chi connectivity index (χ1) is 12.7. The fourth-order valence-electron chi connectivity index (χ4n) is 3.64. The molecule has 4 heteroatoms. The Labute approximate surface area is 156 Å². The zero-order valence-electron chi connectivity index (χ0n) is 15.6. The third kappa shape index (κ3) is 4.51. The molecule has 0 saturated carbocycles. The van der Waals surface area contributed by atoms with E-state index in [0.29, 0.717) is 6.61 Å². The molecule has 0 saturated heterocycles. The summed E-state index contributed by atoms with van der Waals surface area (Å²) in [5, 5.41) is 6.34. The normalized spacial score (nSPS) is 18.6. The van der Waals surface area contributed by atoms with Crippen LogP contribution in [0.3, 0.4) is 0 Å². The Morgan fingerprint density at radius 2 is 1.88 bits per heavy atom. The molecule has 0 bridgehead atoms. The third-order valence-electron chi connectivity index (χ3n) is 5.10. The van der Waals surface area contributed by atoms with Gasteiger partial charge in [0.05, 0.1) is 18.8 Å². The van der Waals surface area contributed by atoms with Crippen molar-refractivity contribution in [1.29, 1.82) is 0 Å². The summed E-state index contributed by atoms with van der Waals surface area (Å²) in [6.45, 7) is 2.44. The molecule has 2 aromatic carbocycles. The van der Waals surface area contributed by atoms with Gasteiger partial charge < -0.3 is 15.4 Å². The predicted octanol–water partition coefficient (Wildman–Crippen LogP) is 3.37. The first-order valence-electron chi connectivity index (χ1n) is 9.40. The standard InChI is InChI=1S/C22H28N2O2/c1-16(26-15-17-9-4-3-5-10-17)21(23-2)22(25)24-20-14-8-12-18-11-6-7-13-19(18)20/h3-7,9-11,13,16,20-21,23H,8,12,14-15H2,1-2H3,(H,24,25)/t16?,20?,21-/m0/s1. The highest BCUT2D eigenvalue weighted by molar-refractivity contribution is 5.82.